The summed E-state index contributed by atoms with van der Waals surface area (Å²) in [5.41, 5.74) is 2.50. The number of carbonyl (C=O) groups excluding carboxylic acids is 4. The quantitative estimate of drug-likeness (QED) is 0.437. The van der Waals surface area contributed by atoms with Crippen LogP contribution in [0.2, 0.25) is 0 Å². The highest BCUT2D eigenvalue weighted by Crippen LogP contribution is 2.20. The molecule has 2 aliphatic heterocycles. The summed E-state index contributed by atoms with van der Waals surface area (Å²) < 4.78 is 0. The lowest BCUT2D eigenvalue weighted by atomic mass is 10.1. The number of imide groups is 2. The van der Waals surface area contributed by atoms with E-state index in [1.54, 1.807) is 24.3 Å². The molecule has 3 aromatic carbocycles. The van der Waals surface area contributed by atoms with E-state index in [0.29, 0.717) is 11.5 Å². The number of rotatable bonds is 9. The van der Waals surface area contributed by atoms with Crippen molar-refractivity contribution in [2.24, 2.45) is 0 Å². The van der Waals surface area contributed by atoms with Crippen LogP contribution in [-0.2, 0) is 33.9 Å². The number of urea groups is 2. The zero-order valence-corrected chi connectivity index (χ0v) is 19.7. The maximum atomic E-state index is 12.7. The van der Waals surface area contributed by atoms with Gasteiger partial charge in [-0.15, -0.1) is 5.06 Å². The number of nitrogens with one attached hydrogen (secondary N) is 2. The van der Waals surface area contributed by atoms with Crippen molar-refractivity contribution in [3.8, 4) is 5.75 Å². The first-order valence-electron chi connectivity index (χ1n) is 11.7. The highest BCUT2D eigenvalue weighted by molar-refractivity contribution is 6.03. The molecule has 10 nitrogen and oxygen atoms in total. The summed E-state index contributed by atoms with van der Waals surface area (Å²) in [7, 11) is 0. The molecule has 2 heterocycles. The van der Waals surface area contributed by atoms with Gasteiger partial charge in [0.2, 0.25) is 0 Å². The van der Waals surface area contributed by atoms with Crippen LogP contribution in [0, 0.1) is 0 Å². The van der Waals surface area contributed by atoms with Crippen LogP contribution >= 0.6 is 0 Å². The molecule has 0 unspecified atom stereocenters. The van der Waals surface area contributed by atoms with Crippen molar-refractivity contribution in [2.45, 2.75) is 31.5 Å². The number of nitrogens with zero attached hydrogens (tertiary/aromatic N) is 2. The Morgan fingerprint density at radius 2 is 1.08 bits per heavy atom. The summed E-state index contributed by atoms with van der Waals surface area (Å²) in [5.74, 6) is -0.681. The van der Waals surface area contributed by atoms with E-state index >= 15 is 0 Å². The van der Waals surface area contributed by atoms with Gasteiger partial charge < -0.3 is 15.5 Å². The number of hydroxylamine groups is 4. The first-order valence-corrected chi connectivity index (χ1v) is 11.7. The number of hydrogen-bond donors (Lipinski definition) is 2. The van der Waals surface area contributed by atoms with Crippen molar-refractivity contribution in [3.05, 3.63) is 102 Å². The maximum Gasteiger partial charge on any atom is 0.358 e. The fraction of sp³-hybridized carbons (Fsp3) is 0.185. The smallest absolute Gasteiger partial charge is 0.358 e. The number of amides is 6. The zero-order valence-electron chi connectivity index (χ0n) is 19.7. The Labute approximate surface area is 212 Å². The average molecular weight is 501 g/mol. The molecule has 6 amide bonds. The Balaban J connectivity index is 1.15. The maximum absolute atomic E-state index is 12.7. The molecular formula is C27H24N4O6. The topological polar surface area (TPSA) is 117 Å². The lowest BCUT2D eigenvalue weighted by Gasteiger charge is -2.15. The molecular weight excluding hydrogens is 476 g/mol. The highest BCUT2D eigenvalue weighted by atomic mass is 16.7. The van der Waals surface area contributed by atoms with Crippen LogP contribution in [0.1, 0.15) is 16.7 Å². The van der Waals surface area contributed by atoms with Crippen molar-refractivity contribution in [3.63, 3.8) is 0 Å². The van der Waals surface area contributed by atoms with E-state index in [1.165, 1.54) is 0 Å². The van der Waals surface area contributed by atoms with Crippen molar-refractivity contribution < 1.29 is 28.9 Å². The van der Waals surface area contributed by atoms with E-state index in [0.717, 1.165) is 21.8 Å². The predicted octanol–water partition coefficient (Wildman–Crippen LogP) is 2.74. The van der Waals surface area contributed by atoms with Gasteiger partial charge in [0, 0.05) is 12.8 Å². The van der Waals surface area contributed by atoms with Crippen LogP contribution in [0.3, 0.4) is 0 Å². The third-order valence-corrected chi connectivity index (χ3v) is 6.01. The fourth-order valence-electron chi connectivity index (χ4n) is 4.10. The molecule has 2 atom stereocenters. The molecule has 2 fully saturated rings. The van der Waals surface area contributed by atoms with Gasteiger partial charge in [0.15, 0.2) is 5.75 Å². The van der Waals surface area contributed by atoms with E-state index in [-0.39, 0.29) is 18.8 Å². The molecule has 0 bridgehead atoms. The molecule has 37 heavy (non-hydrogen) atoms. The van der Waals surface area contributed by atoms with E-state index < -0.39 is 36.0 Å². The Morgan fingerprint density at radius 1 is 0.595 bits per heavy atom. The van der Waals surface area contributed by atoms with Gasteiger partial charge in [-0.05, 0) is 28.8 Å². The van der Waals surface area contributed by atoms with Crippen molar-refractivity contribution in [2.75, 3.05) is 0 Å². The van der Waals surface area contributed by atoms with Gasteiger partial charge in [-0.2, -0.15) is 0 Å². The van der Waals surface area contributed by atoms with E-state index in [9.17, 15) is 19.2 Å². The summed E-state index contributed by atoms with van der Waals surface area (Å²) in [6.07, 6.45) is 0.593. The molecule has 188 valence electrons. The second kappa shape index (κ2) is 10.5. The van der Waals surface area contributed by atoms with Gasteiger partial charge in [0.1, 0.15) is 18.7 Å². The molecule has 0 radical (unpaired) electrons. The molecule has 5 rings (SSSR count). The van der Waals surface area contributed by atoms with Gasteiger partial charge >= 0.3 is 12.1 Å². The first-order chi connectivity index (χ1) is 18.0. The third kappa shape index (κ3) is 5.44. The van der Waals surface area contributed by atoms with Gasteiger partial charge in [-0.3, -0.25) is 14.4 Å². The second-order valence-electron chi connectivity index (χ2n) is 8.66. The molecule has 2 saturated heterocycles. The number of hydrogen-bond acceptors (Lipinski definition) is 6. The molecule has 0 spiro atoms. The first kappa shape index (κ1) is 24.0. The monoisotopic (exact) mass is 500 g/mol. The van der Waals surface area contributed by atoms with E-state index in [2.05, 4.69) is 10.6 Å². The summed E-state index contributed by atoms with van der Waals surface area (Å²) in [5, 5.41) is 6.72. The normalized spacial score (nSPS) is 19.2. The van der Waals surface area contributed by atoms with Crippen LogP contribution < -0.4 is 15.5 Å². The summed E-state index contributed by atoms with van der Waals surface area (Å²) in [6, 6.07) is 22.4. The molecule has 2 N–H and O–H groups in total. The number of carbonyl (C=O) groups is 4. The Morgan fingerprint density at radius 3 is 1.68 bits per heavy atom. The molecule has 10 heteroatoms. The minimum Gasteiger partial charge on any atom is -0.367 e. The molecule has 0 aliphatic carbocycles. The summed E-state index contributed by atoms with van der Waals surface area (Å²) >= 11 is 0. The lowest BCUT2D eigenvalue weighted by molar-refractivity contribution is -0.167. The Bertz CT molecular complexity index is 1300. The summed E-state index contributed by atoms with van der Waals surface area (Å²) in [6.45, 7) is 0.0910. The fourth-order valence-corrected chi connectivity index (χ4v) is 4.10. The minimum atomic E-state index is -0.778. The van der Waals surface area contributed by atoms with Gasteiger partial charge in [0.25, 0.3) is 11.8 Å². The number of benzene rings is 3. The predicted molar refractivity (Wildman–Crippen MR) is 130 cm³/mol. The zero-order chi connectivity index (χ0) is 25.8. The van der Waals surface area contributed by atoms with Crippen LogP contribution in [-0.4, -0.2) is 46.1 Å². The highest BCUT2D eigenvalue weighted by Gasteiger charge is 2.41. The van der Waals surface area contributed by atoms with Crippen molar-refractivity contribution in [1.82, 2.24) is 20.8 Å². The van der Waals surface area contributed by atoms with Gasteiger partial charge in [0.05, 0.1) is 0 Å². The third-order valence-electron chi connectivity index (χ3n) is 6.01. The summed E-state index contributed by atoms with van der Waals surface area (Å²) in [4.78, 5) is 60.8. The van der Waals surface area contributed by atoms with Crippen LogP contribution in [0.5, 0.6) is 5.75 Å². The molecule has 3 aromatic rings. The van der Waals surface area contributed by atoms with Gasteiger partial charge in [-0.1, -0.05) is 77.9 Å². The van der Waals surface area contributed by atoms with E-state index in [1.807, 2.05) is 60.7 Å². The lowest BCUT2D eigenvalue weighted by Crippen LogP contribution is -2.35. The largest absolute Gasteiger partial charge is 0.367 e. The second-order valence-corrected chi connectivity index (χ2v) is 8.66. The SMILES string of the molecule is O=C1N[C@@H](Cc2ccc(ON3C(=O)N[C@@H](Cc4ccccc4)C3=O)cc2)C(=O)N1OCc1ccccc1. The van der Waals surface area contributed by atoms with Crippen LogP contribution in [0.4, 0.5) is 9.59 Å². The average Bonchev–Trinajstić information content (AvgIpc) is 3.33. The van der Waals surface area contributed by atoms with Crippen LogP contribution in [0.15, 0.2) is 84.9 Å². The molecule has 0 aromatic heterocycles. The van der Waals surface area contributed by atoms with Gasteiger partial charge in [-0.25, -0.2) is 9.59 Å². The minimum absolute atomic E-state index is 0.0910. The standard InChI is InChI=1S/C27H24N4O6/c32-24-22(28-26(34)30(24)36-17-20-9-5-2-6-10-20)16-19-11-13-21(14-12-19)37-31-25(33)23(29-27(31)35)15-18-7-3-1-4-8-18/h1-14,22-23H,15-17H2,(H,28,34)(H,29,35)/t22-,23-/m0/s1. The van der Waals surface area contributed by atoms with E-state index in [4.69, 9.17) is 9.68 Å². The molecule has 0 saturated carbocycles. The Kier molecular flexibility index (Phi) is 6.82. The van der Waals surface area contributed by atoms with Crippen molar-refractivity contribution >= 4 is 23.9 Å². The molecule has 2 aliphatic rings. The van der Waals surface area contributed by atoms with Crippen molar-refractivity contribution in [1.29, 1.82) is 0 Å². The Hall–Kier alpha value is -4.70. The van der Waals surface area contributed by atoms with Crippen LogP contribution in [0.25, 0.3) is 0 Å².